The smallest absolute Gasteiger partial charge is 0.0470 e. The topological polar surface area (TPSA) is 29.3 Å². The van der Waals surface area contributed by atoms with Crippen molar-refractivity contribution < 1.29 is 0 Å². The molecule has 1 aliphatic carbocycles. The molecule has 0 spiro atoms. The van der Waals surface area contributed by atoms with E-state index in [9.17, 15) is 0 Å². The molecule has 0 radical (unpaired) electrons. The molecule has 0 bridgehead atoms. The first-order valence-electron chi connectivity index (χ1n) is 7.35. The second kappa shape index (κ2) is 6.87. The Morgan fingerprint density at radius 2 is 2.16 bits per heavy atom. The molecule has 1 aromatic carbocycles. The van der Waals surface area contributed by atoms with E-state index in [0.717, 1.165) is 12.5 Å². The van der Waals surface area contributed by atoms with Crippen LogP contribution >= 0.6 is 15.9 Å². The van der Waals surface area contributed by atoms with Crippen molar-refractivity contribution in [3.8, 4) is 0 Å². The molecule has 1 aromatic rings. The Kier molecular flexibility index (Phi) is 5.43. The van der Waals surface area contributed by atoms with E-state index < -0.39 is 0 Å². The molecule has 3 heteroatoms. The molecule has 106 valence electrons. The highest BCUT2D eigenvalue weighted by atomic mass is 79.9. The van der Waals surface area contributed by atoms with Gasteiger partial charge >= 0.3 is 0 Å². The van der Waals surface area contributed by atoms with Crippen LogP contribution in [0.2, 0.25) is 0 Å². The van der Waals surface area contributed by atoms with Gasteiger partial charge in [-0.2, -0.15) is 0 Å². The van der Waals surface area contributed by atoms with Crippen LogP contribution < -0.4 is 5.73 Å². The zero-order valence-electron chi connectivity index (χ0n) is 12.0. The number of nitrogens with zero attached hydrogens (tertiary/aromatic N) is 1. The molecule has 1 unspecified atom stereocenters. The summed E-state index contributed by atoms with van der Waals surface area (Å²) in [5.74, 6) is 0.894. The summed E-state index contributed by atoms with van der Waals surface area (Å²) < 4.78 is 1.18. The van der Waals surface area contributed by atoms with Gasteiger partial charge in [0.25, 0.3) is 0 Å². The fourth-order valence-electron chi connectivity index (χ4n) is 2.85. The van der Waals surface area contributed by atoms with Crippen molar-refractivity contribution in [3.63, 3.8) is 0 Å². The van der Waals surface area contributed by atoms with Crippen LogP contribution in [0.1, 0.15) is 43.4 Å². The van der Waals surface area contributed by atoms with Crippen LogP contribution in [0.25, 0.3) is 0 Å². The predicted molar refractivity (Wildman–Crippen MR) is 85.3 cm³/mol. The van der Waals surface area contributed by atoms with Crippen LogP contribution in [0.4, 0.5) is 0 Å². The van der Waals surface area contributed by atoms with Gasteiger partial charge in [-0.05, 0) is 49.4 Å². The Morgan fingerprint density at radius 3 is 2.63 bits per heavy atom. The van der Waals surface area contributed by atoms with Gasteiger partial charge in [-0.25, -0.2) is 0 Å². The van der Waals surface area contributed by atoms with Gasteiger partial charge in [0.15, 0.2) is 0 Å². The maximum atomic E-state index is 6.05. The van der Waals surface area contributed by atoms with Crippen LogP contribution in [-0.4, -0.2) is 24.5 Å². The van der Waals surface area contributed by atoms with E-state index >= 15 is 0 Å². The molecule has 0 aromatic heterocycles. The summed E-state index contributed by atoms with van der Waals surface area (Å²) in [7, 11) is 0. The highest BCUT2D eigenvalue weighted by Gasteiger charge is 2.24. The molecule has 2 N–H and O–H groups in total. The lowest BCUT2D eigenvalue weighted by Gasteiger charge is -2.36. The molecular formula is C16H25BrN2. The summed E-state index contributed by atoms with van der Waals surface area (Å²) in [5.41, 5.74) is 8.69. The SMILES string of the molecule is CCN(CC1CCC1)C(CN)c1ccc(Br)c(C)c1. The standard InChI is InChI=1S/C16H25BrN2/c1-3-19(11-13-5-4-6-13)16(10-18)14-7-8-15(17)12(2)9-14/h7-9,13,16H,3-6,10-11,18H2,1-2H3. The summed E-state index contributed by atoms with van der Waals surface area (Å²) >= 11 is 3.57. The molecule has 0 amide bonds. The maximum Gasteiger partial charge on any atom is 0.0470 e. The maximum absolute atomic E-state index is 6.05. The van der Waals surface area contributed by atoms with Crippen molar-refractivity contribution in [3.05, 3.63) is 33.8 Å². The number of hydrogen-bond acceptors (Lipinski definition) is 2. The fraction of sp³-hybridized carbons (Fsp3) is 0.625. The summed E-state index contributed by atoms with van der Waals surface area (Å²) in [6.07, 6.45) is 4.20. The molecule has 0 saturated heterocycles. The Morgan fingerprint density at radius 1 is 1.42 bits per heavy atom. The van der Waals surface area contributed by atoms with E-state index in [1.165, 1.54) is 41.4 Å². The number of likely N-dealkylation sites (N-methyl/N-ethyl adjacent to an activating group) is 1. The van der Waals surface area contributed by atoms with Gasteiger partial charge in [-0.3, -0.25) is 4.90 Å². The first kappa shape index (κ1) is 15.0. The van der Waals surface area contributed by atoms with Crippen molar-refractivity contribution in [2.24, 2.45) is 11.7 Å². The highest BCUT2D eigenvalue weighted by molar-refractivity contribution is 9.10. The van der Waals surface area contributed by atoms with E-state index in [2.05, 4.69) is 52.9 Å². The molecule has 2 nitrogen and oxygen atoms in total. The van der Waals surface area contributed by atoms with Gasteiger partial charge in [-0.1, -0.05) is 41.4 Å². The molecule has 0 aliphatic heterocycles. The van der Waals surface area contributed by atoms with Crippen LogP contribution in [0, 0.1) is 12.8 Å². The normalized spacial score (nSPS) is 17.5. The number of nitrogens with two attached hydrogens (primary N) is 1. The number of rotatable bonds is 6. The van der Waals surface area contributed by atoms with E-state index in [-0.39, 0.29) is 0 Å². The zero-order valence-corrected chi connectivity index (χ0v) is 13.6. The Balaban J connectivity index is 2.13. The minimum Gasteiger partial charge on any atom is -0.329 e. The summed E-state index contributed by atoms with van der Waals surface area (Å²) in [6.45, 7) is 7.36. The second-order valence-electron chi connectivity index (χ2n) is 5.64. The zero-order chi connectivity index (χ0) is 13.8. The highest BCUT2D eigenvalue weighted by Crippen LogP contribution is 2.31. The third kappa shape index (κ3) is 3.59. The lowest BCUT2D eigenvalue weighted by molar-refractivity contribution is 0.141. The average Bonchev–Trinajstić information content (AvgIpc) is 2.36. The van der Waals surface area contributed by atoms with Crippen LogP contribution in [0.15, 0.2) is 22.7 Å². The summed E-state index contributed by atoms with van der Waals surface area (Å²) in [5, 5.41) is 0. The summed E-state index contributed by atoms with van der Waals surface area (Å²) in [4.78, 5) is 2.55. The van der Waals surface area contributed by atoms with E-state index in [1.807, 2.05) is 0 Å². The van der Waals surface area contributed by atoms with Gasteiger partial charge in [0.1, 0.15) is 0 Å². The van der Waals surface area contributed by atoms with E-state index in [0.29, 0.717) is 12.6 Å². The molecule has 1 atom stereocenters. The molecule has 0 heterocycles. The van der Waals surface area contributed by atoms with Crippen LogP contribution in [0.3, 0.4) is 0 Å². The predicted octanol–water partition coefficient (Wildman–Crippen LogP) is 3.88. The van der Waals surface area contributed by atoms with Crippen molar-refractivity contribution in [1.29, 1.82) is 0 Å². The lowest BCUT2D eigenvalue weighted by atomic mass is 9.84. The molecule has 1 saturated carbocycles. The van der Waals surface area contributed by atoms with Gasteiger partial charge in [0.2, 0.25) is 0 Å². The van der Waals surface area contributed by atoms with Crippen molar-refractivity contribution in [1.82, 2.24) is 4.90 Å². The first-order chi connectivity index (χ1) is 9.15. The third-order valence-electron chi connectivity index (χ3n) is 4.35. The Labute approximate surface area is 125 Å². The number of halogens is 1. The van der Waals surface area contributed by atoms with Gasteiger partial charge in [0.05, 0.1) is 0 Å². The van der Waals surface area contributed by atoms with Gasteiger partial charge < -0.3 is 5.73 Å². The Hall–Kier alpha value is -0.380. The quantitative estimate of drug-likeness (QED) is 0.860. The molecule has 1 aliphatic rings. The third-order valence-corrected chi connectivity index (χ3v) is 5.24. The number of benzene rings is 1. The second-order valence-corrected chi connectivity index (χ2v) is 6.50. The monoisotopic (exact) mass is 324 g/mol. The van der Waals surface area contributed by atoms with Crippen LogP contribution in [0.5, 0.6) is 0 Å². The minimum atomic E-state index is 0.359. The van der Waals surface area contributed by atoms with Crippen LogP contribution in [-0.2, 0) is 0 Å². The summed E-state index contributed by atoms with van der Waals surface area (Å²) in [6, 6.07) is 6.98. The molecule has 2 rings (SSSR count). The van der Waals surface area contributed by atoms with Crippen molar-refractivity contribution in [2.45, 2.75) is 39.2 Å². The first-order valence-corrected chi connectivity index (χ1v) is 8.15. The number of hydrogen-bond donors (Lipinski definition) is 1. The van der Waals surface area contributed by atoms with Crippen molar-refractivity contribution >= 4 is 15.9 Å². The number of aryl methyl sites for hydroxylation is 1. The van der Waals surface area contributed by atoms with E-state index in [1.54, 1.807) is 0 Å². The van der Waals surface area contributed by atoms with E-state index in [4.69, 9.17) is 5.73 Å². The fourth-order valence-corrected chi connectivity index (χ4v) is 3.10. The largest absolute Gasteiger partial charge is 0.329 e. The van der Waals surface area contributed by atoms with Gasteiger partial charge in [-0.15, -0.1) is 0 Å². The average molecular weight is 325 g/mol. The van der Waals surface area contributed by atoms with Gasteiger partial charge in [0, 0.05) is 23.6 Å². The Bertz CT molecular complexity index is 415. The molecule has 1 fully saturated rings. The molecular weight excluding hydrogens is 300 g/mol. The van der Waals surface area contributed by atoms with Crippen molar-refractivity contribution in [2.75, 3.05) is 19.6 Å². The minimum absolute atomic E-state index is 0.359. The lowest BCUT2D eigenvalue weighted by Crippen LogP contribution is -2.38. The molecule has 19 heavy (non-hydrogen) atoms.